The van der Waals surface area contributed by atoms with Crippen molar-refractivity contribution in [2.45, 2.75) is 80.2 Å². The molecule has 1 atom stereocenters. The normalized spacial score (nSPS) is 28.2. The van der Waals surface area contributed by atoms with Crippen LogP contribution >= 0.6 is 0 Å². The minimum Gasteiger partial charge on any atom is -0.314 e. The van der Waals surface area contributed by atoms with Gasteiger partial charge < -0.3 is 5.32 Å². The number of hydrogen-bond acceptors (Lipinski definition) is 1. The van der Waals surface area contributed by atoms with E-state index in [9.17, 15) is 0 Å². The van der Waals surface area contributed by atoms with Gasteiger partial charge in [-0.15, -0.1) is 0 Å². The molecule has 1 saturated carbocycles. The lowest BCUT2D eigenvalue weighted by atomic mass is 9.71. The molecular formula is C17H35N. The summed E-state index contributed by atoms with van der Waals surface area (Å²) in [6.45, 7) is 17.8. The highest BCUT2D eigenvalue weighted by Gasteiger charge is 2.30. The second-order valence-corrected chi connectivity index (χ2v) is 8.59. The van der Waals surface area contributed by atoms with E-state index in [1.54, 1.807) is 0 Å². The molecule has 0 saturated heterocycles. The minimum absolute atomic E-state index is 0.426. The Labute approximate surface area is 115 Å². The molecule has 1 heteroatoms. The fraction of sp³-hybridized carbons (Fsp3) is 1.00. The third-order valence-corrected chi connectivity index (χ3v) is 5.14. The van der Waals surface area contributed by atoms with E-state index in [1.807, 2.05) is 0 Å². The van der Waals surface area contributed by atoms with E-state index in [1.165, 1.54) is 32.2 Å². The standard InChI is InChI=1S/C17H35N/c1-13(16(2,3)4)12-18-15-10-8-14(9-11-15)17(5,6)7/h13-15,18H,8-12H2,1-7H3. The van der Waals surface area contributed by atoms with Crippen molar-refractivity contribution >= 4 is 0 Å². The lowest BCUT2D eigenvalue weighted by molar-refractivity contribution is 0.153. The Kier molecular flexibility index (Phi) is 5.29. The van der Waals surface area contributed by atoms with Crippen LogP contribution in [0.4, 0.5) is 0 Å². The molecule has 0 aromatic heterocycles. The molecule has 0 heterocycles. The Hall–Kier alpha value is -0.0400. The van der Waals surface area contributed by atoms with Gasteiger partial charge in [0, 0.05) is 6.04 Å². The van der Waals surface area contributed by atoms with Crippen molar-refractivity contribution in [1.29, 1.82) is 0 Å². The van der Waals surface area contributed by atoms with Crippen molar-refractivity contribution in [3.8, 4) is 0 Å². The highest BCUT2D eigenvalue weighted by Crippen LogP contribution is 2.37. The Bertz CT molecular complexity index is 235. The van der Waals surface area contributed by atoms with E-state index in [2.05, 4.69) is 53.8 Å². The first-order valence-corrected chi connectivity index (χ1v) is 7.84. The summed E-state index contributed by atoms with van der Waals surface area (Å²) < 4.78 is 0. The SMILES string of the molecule is CC(CNC1CCC(C(C)(C)C)CC1)C(C)(C)C. The van der Waals surface area contributed by atoms with Gasteiger partial charge in [-0.3, -0.25) is 0 Å². The van der Waals surface area contributed by atoms with E-state index in [4.69, 9.17) is 0 Å². The average Bonchev–Trinajstić information content (AvgIpc) is 2.24. The zero-order chi connectivity index (χ0) is 14.0. The van der Waals surface area contributed by atoms with Crippen molar-refractivity contribution in [2.24, 2.45) is 22.7 Å². The molecule has 1 aliphatic rings. The van der Waals surface area contributed by atoms with Crippen molar-refractivity contribution in [1.82, 2.24) is 5.32 Å². The first-order valence-electron chi connectivity index (χ1n) is 7.84. The van der Waals surface area contributed by atoms with Crippen molar-refractivity contribution in [2.75, 3.05) is 6.54 Å². The number of nitrogens with one attached hydrogen (secondary N) is 1. The number of rotatable bonds is 3. The summed E-state index contributed by atoms with van der Waals surface area (Å²) >= 11 is 0. The second-order valence-electron chi connectivity index (χ2n) is 8.59. The molecule has 0 amide bonds. The summed E-state index contributed by atoms with van der Waals surface area (Å²) in [6.07, 6.45) is 5.56. The van der Waals surface area contributed by atoms with Crippen molar-refractivity contribution < 1.29 is 0 Å². The van der Waals surface area contributed by atoms with Crippen LogP contribution in [-0.2, 0) is 0 Å². The van der Waals surface area contributed by atoms with Gasteiger partial charge in [0.25, 0.3) is 0 Å². The van der Waals surface area contributed by atoms with Gasteiger partial charge in [0.15, 0.2) is 0 Å². The maximum atomic E-state index is 3.80. The average molecular weight is 253 g/mol. The third kappa shape index (κ3) is 4.91. The van der Waals surface area contributed by atoms with Crippen molar-refractivity contribution in [3.05, 3.63) is 0 Å². The van der Waals surface area contributed by atoms with Crippen LogP contribution in [0.5, 0.6) is 0 Å². The van der Waals surface area contributed by atoms with E-state index in [-0.39, 0.29) is 0 Å². The molecule has 1 N–H and O–H groups in total. The van der Waals surface area contributed by atoms with Gasteiger partial charge in [0.2, 0.25) is 0 Å². The van der Waals surface area contributed by atoms with E-state index in [0.29, 0.717) is 10.8 Å². The summed E-state index contributed by atoms with van der Waals surface area (Å²) in [7, 11) is 0. The summed E-state index contributed by atoms with van der Waals surface area (Å²) in [6, 6.07) is 0.772. The van der Waals surface area contributed by atoms with Gasteiger partial charge >= 0.3 is 0 Å². The van der Waals surface area contributed by atoms with Crippen LogP contribution in [0.15, 0.2) is 0 Å². The largest absolute Gasteiger partial charge is 0.314 e. The second kappa shape index (κ2) is 5.94. The predicted octanol–water partition coefficient (Wildman–Crippen LogP) is 4.86. The predicted molar refractivity (Wildman–Crippen MR) is 81.8 cm³/mol. The quantitative estimate of drug-likeness (QED) is 0.757. The Morgan fingerprint density at radius 3 is 1.83 bits per heavy atom. The summed E-state index contributed by atoms with van der Waals surface area (Å²) in [5, 5.41) is 3.80. The van der Waals surface area contributed by atoms with Crippen LogP contribution in [0.3, 0.4) is 0 Å². The first-order chi connectivity index (χ1) is 8.10. The summed E-state index contributed by atoms with van der Waals surface area (Å²) in [5.41, 5.74) is 0.930. The lowest BCUT2D eigenvalue weighted by Crippen LogP contribution is -2.40. The molecule has 18 heavy (non-hydrogen) atoms. The molecule has 108 valence electrons. The van der Waals surface area contributed by atoms with Crippen LogP contribution < -0.4 is 5.32 Å². The fourth-order valence-corrected chi connectivity index (χ4v) is 2.81. The monoisotopic (exact) mass is 253 g/mol. The summed E-state index contributed by atoms with van der Waals surface area (Å²) in [4.78, 5) is 0. The summed E-state index contributed by atoms with van der Waals surface area (Å²) in [5.74, 6) is 1.67. The third-order valence-electron chi connectivity index (χ3n) is 5.14. The minimum atomic E-state index is 0.426. The highest BCUT2D eigenvalue weighted by atomic mass is 14.9. The highest BCUT2D eigenvalue weighted by molar-refractivity contribution is 4.84. The fourth-order valence-electron chi connectivity index (χ4n) is 2.81. The molecule has 1 rings (SSSR count). The first kappa shape index (κ1) is 16.0. The van der Waals surface area contributed by atoms with Gasteiger partial charge in [0.05, 0.1) is 0 Å². The molecule has 1 nitrogen and oxygen atoms in total. The van der Waals surface area contributed by atoms with Crippen LogP contribution in [0.1, 0.15) is 74.1 Å². The van der Waals surface area contributed by atoms with Gasteiger partial charge in [-0.1, -0.05) is 48.5 Å². The van der Waals surface area contributed by atoms with Gasteiger partial charge in [0.1, 0.15) is 0 Å². The van der Waals surface area contributed by atoms with Gasteiger partial charge in [-0.05, 0) is 54.9 Å². The Morgan fingerprint density at radius 2 is 1.44 bits per heavy atom. The maximum Gasteiger partial charge on any atom is 0.00673 e. The molecular weight excluding hydrogens is 218 g/mol. The Balaban J connectivity index is 2.28. The molecule has 1 unspecified atom stereocenters. The maximum absolute atomic E-state index is 3.80. The van der Waals surface area contributed by atoms with Crippen LogP contribution in [0.2, 0.25) is 0 Å². The molecule has 0 spiro atoms. The van der Waals surface area contributed by atoms with Crippen LogP contribution in [0.25, 0.3) is 0 Å². The van der Waals surface area contributed by atoms with Crippen molar-refractivity contribution in [3.63, 3.8) is 0 Å². The van der Waals surface area contributed by atoms with Crippen LogP contribution in [0, 0.1) is 22.7 Å². The molecule has 0 aromatic carbocycles. The van der Waals surface area contributed by atoms with E-state index >= 15 is 0 Å². The molecule has 1 aliphatic carbocycles. The molecule has 0 radical (unpaired) electrons. The molecule has 1 fully saturated rings. The topological polar surface area (TPSA) is 12.0 Å². The lowest BCUT2D eigenvalue weighted by Gasteiger charge is -2.38. The molecule has 0 aliphatic heterocycles. The van der Waals surface area contributed by atoms with Gasteiger partial charge in [-0.2, -0.15) is 0 Å². The molecule has 0 bridgehead atoms. The van der Waals surface area contributed by atoms with Gasteiger partial charge in [-0.25, -0.2) is 0 Å². The molecule has 0 aromatic rings. The van der Waals surface area contributed by atoms with Crippen LogP contribution in [-0.4, -0.2) is 12.6 Å². The van der Waals surface area contributed by atoms with E-state index < -0.39 is 0 Å². The van der Waals surface area contributed by atoms with E-state index in [0.717, 1.165) is 17.9 Å². The number of hydrogen-bond donors (Lipinski definition) is 1. The zero-order valence-electron chi connectivity index (χ0n) is 13.8. The Morgan fingerprint density at radius 1 is 0.944 bits per heavy atom. The smallest absolute Gasteiger partial charge is 0.00673 e. The zero-order valence-corrected chi connectivity index (χ0v) is 13.8.